The lowest BCUT2D eigenvalue weighted by molar-refractivity contribution is 0.174. The fourth-order valence-corrected chi connectivity index (χ4v) is 2.39. The fourth-order valence-electron chi connectivity index (χ4n) is 2.13. The first kappa shape index (κ1) is 16.8. The summed E-state index contributed by atoms with van der Waals surface area (Å²) in [5.74, 6) is 0.719. The quantitative estimate of drug-likeness (QED) is 0.774. The number of hydrogen-bond acceptors (Lipinski definition) is 3. The molecule has 0 fully saturated rings. The molecule has 22 heavy (non-hydrogen) atoms. The third-order valence-electron chi connectivity index (χ3n) is 3.31. The van der Waals surface area contributed by atoms with Crippen molar-refractivity contribution in [3.05, 3.63) is 64.7 Å². The Balaban J connectivity index is 1.83. The number of benzene rings is 2. The van der Waals surface area contributed by atoms with Crippen LogP contribution in [0, 0.1) is 0 Å². The Kier molecular flexibility index (Phi) is 6.72. The largest absolute Gasteiger partial charge is 0.492 e. The van der Waals surface area contributed by atoms with Gasteiger partial charge in [-0.1, -0.05) is 54.9 Å². The van der Waals surface area contributed by atoms with E-state index in [4.69, 9.17) is 16.3 Å². The molecule has 0 unspecified atom stereocenters. The van der Waals surface area contributed by atoms with Gasteiger partial charge in [0, 0.05) is 13.1 Å². The van der Waals surface area contributed by atoms with Crippen molar-refractivity contribution in [2.75, 3.05) is 13.2 Å². The van der Waals surface area contributed by atoms with E-state index in [0.29, 0.717) is 24.7 Å². The summed E-state index contributed by atoms with van der Waals surface area (Å²) in [5.41, 5.74) is 1.98. The third-order valence-corrected chi connectivity index (χ3v) is 3.60. The van der Waals surface area contributed by atoms with Crippen molar-refractivity contribution in [2.45, 2.75) is 26.0 Å². The van der Waals surface area contributed by atoms with Gasteiger partial charge in [-0.2, -0.15) is 0 Å². The lowest BCUT2D eigenvalue weighted by Gasteiger charge is -2.13. The molecule has 3 nitrogen and oxygen atoms in total. The van der Waals surface area contributed by atoms with Crippen molar-refractivity contribution in [3.63, 3.8) is 0 Å². The molecular formula is C18H22ClNO2. The Labute approximate surface area is 136 Å². The fraction of sp³-hybridized carbons (Fsp3) is 0.333. The van der Waals surface area contributed by atoms with E-state index >= 15 is 0 Å². The molecule has 0 saturated carbocycles. The summed E-state index contributed by atoms with van der Waals surface area (Å²) < 4.78 is 5.55. The van der Waals surface area contributed by atoms with Gasteiger partial charge in [0.05, 0.1) is 17.7 Å². The average molecular weight is 320 g/mol. The maximum absolute atomic E-state index is 10.1. The minimum atomic E-state index is -0.510. The van der Waals surface area contributed by atoms with Crippen molar-refractivity contribution in [1.29, 1.82) is 0 Å². The molecule has 2 N–H and O–H groups in total. The summed E-state index contributed by atoms with van der Waals surface area (Å²) in [6, 6.07) is 15.4. The summed E-state index contributed by atoms with van der Waals surface area (Å²) in [7, 11) is 0. The predicted octanol–water partition coefficient (Wildman–Crippen LogP) is 3.95. The first-order valence-corrected chi connectivity index (χ1v) is 7.93. The molecule has 0 amide bonds. The van der Waals surface area contributed by atoms with Crippen LogP contribution in [0.5, 0.6) is 5.75 Å². The zero-order valence-electron chi connectivity index (χ0n) is 12.8. The highest BCUT2D eigenvalue weighted by Gasteiger charge is 2.07. The highest BCUT2D eigenvalue weighted by molar-refractivity contribution is 6.32. The topological polar surface area (TPSA) is 41.5 Å². The molecule has 1 atom stereocenters. The van der Waals surface area contributed by atoms with Gasteiger partial charge >= 0.3 is 0 Å². The smallest absolute Gasteiger partial charge is 0.137 e. The predicted molar refractivity (Wildman–Crippen MR) is 90.3 cm³/mol. The molecule has 4 heteroatoms. The number of aliphatic hydroxyl groups excluding tert-OH is 1. The minimum absolute atomic E-state index is 0.496. The van der Waals surface area contributed by atoms with Crippen LogP contribution in [0.1, 0.15) is 30.6 Å². The first-order chi connectivity index (χ1) is 10.7. The lowest BCUT2D eigenvalue weighted by atomic mass is 10.1. The second kappa shape index (κ2) is 8.79. The molecule has 0 bridgehead atoms. The van der Waals surface area contributed by atoms with E-state index in [-0.39, 0.29) is 0 Å². The number of ether oxygens (including phenoxy) is 1. The maximum atomic E-state index is 10.1. The Morgan fingerprint density at radius 1 is 1.18 bits per heavy atom. The van der Waals surface area contributed by atoms with E-state index < -0.39 is 6.10 Å². The van der Waals surface area contributed by atoms with Gasteiger partial charge in [0.1, 0.15) is 5.75 Å². The molecule has 0 aliphatic rings. The van der Waals surface area contributed by atoms with Crippen molar-refractivity contribution in [3.8, 4) is 5.75 Å². The van der Waals surface area contributed by atoms with E-state index in [1.54, 1.807) is 0 Å². The summed E-state index contributed by atoms with van der Waals surface area (Å²) in [4.78, 5) is 0. The van der Waals surface area contributed by atoms with Gasteiger partial charge in [-0.3, -0.25) is 0 Å². The molecule has 0 saturated heterocycles. The monoisotopic (exact) mass is 319 g/mol. The zero-order valence-corrected chi connectivity index (χ0v) is 13.5. The van der Waals surface area contributed by atoms with Gasteiger partial charge < -0.3 is 15.2 Å². The van der Waals surface area contributed by atoms with Gasteiger partial charge in [-0.15, -0.1) is 0 Å². The van der Waals surface area contributed by atoms with Gasteiger partial charge in [-0.05, 0) is 29.7 Å². The molecule has 0 heterocycles. The van der Waals surface area contributed by atoms with Crippen LogP contribution in [-0.4, -0.2) is 18.3 Å². The van der Waals surface area contributed by atoms with Gasteiger partial charge in [0.25, 0.3) is 0 Å². The normalized spacial score (nSPS) is 12.1. The molecule has 0 aliphatic heterocycles. The Bertz CT molecular complexity index is 575. The van der Waals surface area contributed by atoms with Crippen LogP contribution in [0.4, 0.5) is 0 Å². The molecule has 0 aliphatic carbocycles. The van der Waals surface area contributed by atoms with Crippen LogP contribution in [0.25, 0.3) is 0 Å². The Hall–Kier alpha value is -1.55. The van der Waals surface area contributed by atoms with E-state index in [1.165, 1.54) is 0 Å². The van der Waals surface area contributed by atoms with Gasteiger partial charge in [-0.25, -0.2) is 0 Å². The maximum Gasteiger partial charge on any atom is 0.137 e. The summed E-state index contributed by atoms with van der Waals surface area (Å²) >= 11 is 6.20. The molecule has 0 spiro atoms. The molecular weight excluding hydrogens is 298 g/mol. The van der Waals surface area contributed by atoms with Crippen LogP contribution < -0.4 is 10.1 Å². The van der Waals surface area contributed by atoms with E-state index in [2.05, 4.69) is 12.2 Å². The molecule has 0 aromatic heterocycles. The summed E-state index contributed by atoms with van der Waals surface area (Å²) in [5, 5.41) is 13.9. The standard InChI is InChI=1S/C18H22ClNO2/c1-2-10-22-18-9-8-14(11-16(18)19)12-20-13-17(21)15-6-4-3-5-7-15/h3-9,11,17,20-21H,2,10,12-13H2,1H3/t17-/m0/s1. The first-order valence-electron chi connectivity index (χ1n) is 7.55. The highest BCUT2D eigenvalue weighted by Crippen LogP contribution is 2.25. The van der Waals surface area contributed by atoms with Gasteiger partial charge in [0.15, 0.2) is 0 Å². The van der Waals surface area contributed by atoms with Crippen molar-refractivity contribution in [1.82, 2.24) is 5.32 Å². The summed E-state index contributed by atoms with van der Waals surface area (Å²) in [6.07, 6.45) is 0.445. The molecule has 118 valence electrons. The molecule has 2 rings (SSSR count). The van der Waals surface area contributed by atoms with E-state index in [0.717, 1.165) is 23.3 Å². The molecule has 2 aromatic rings. The number of halogens is 1. The second-order valence-corrected chi connectivity index (χ2v) is 5.58. The number of aliphatic hydroxyl groups is 1. The highest BCUT2D eigenvalue weighted by atomic mass is 35.5. The molecule has 0 radical (unpaired) electrons. The van der Waals surface area contributed by atoms with Crippen LogP contribution in [-0.2, 0) is 6.54 Å². The van der Waals surface area contributed by atoms with Crippen molar-refractivity contribution < 1.29 is 9.84 Å². The number of hydrogen-bond donors (Lipinski definition) is 2. The van der Waals surface area contributed by atoms with Crippen LogP contribution in [0.3, 0.4) is 0 Å². The van der Waals surface area contributed by atoms with Gasteiger partial charge in [0.2, 0.25) is 0 Å². The second-order valence-electron chi connectivity index (χ2n) is 5.17. The van der Waals surface area contributed by atoms with Crippen LogP contribution in [0.2, 0.25) is 5.02 Å². The Morgan fingerprint density at radius 3 is 2.64 bits per heavy atom. The lowest BCUT2D eigenvalue weighted by Crippen LogP contribution is -2.21. The van der Waals surface area contributed by atoms with Crippen molar-refractivity contribution in [2.24, 2.45) is 0 Å². The van der Waals surface area contributed by atoms with Crippen molar-refractivity contribution >= 4 is 11.6 Å². The average Bonchev–Trinajstić information content (AvgIpc) is 2.55. The third kappa shape index (κ3) is 5.02. The van der Waals surface area contributed by atoms with E-state index in [1.807, 2.05) is 48.5 Å². The number of rotatable bonds is 8. The SMILES string of the molecule is CCCOc1ccc(CNC[C@H](O)c2ccccc2)cc1Cl. The Morgan fingerprint density at radius 2 is 1.95 bits per heavy atom. The van der Waals surface area contributed by atoms with Crippen LogP contribution >= 0.6 is 11.6 Å². The minimum Gasteiger partial charge on any atom is -0.492 e. The number of nitrogens with one attached hydrogen (secondary N) is 1. The zero-order chi connectivity index (χ0) is 15.8. The van der Waals surface area contributed by atoms with Crippen LogP contribution in [0.15, 0.2) is 48.5 Å². The molecule has 2 aromatic carbocycles. The van der Waals surface area contributed by atoms with E-state index in [9.17, 15) is 5.11 Å². The summed E-state index contributed by atoms with van der Waals surface area (Å²) in [6.45, 7) is 3.87.